The number of rotatable bonds is 6. The van der Waals surface area contributed by atoms with Crippen LogP contribution in [-0.4, -0.2) is 31.4 Å². The second-order valence-corrected chi connectivity index (χ2v) is 7.56. The fourth-order valence-corrected chi connectivity index (χ4v) is 4.68. The Hall–Kier alpha value is -3.29. The lowest BCUT2D eigenvalue weighted by atomic mass is 10.00. The van der Waals surface area contributed by atoms with Crippen molar-refractivity contribution in [3.05, 3.63) is 53.5 Å². The number of nitrogens with zero attached hydrogens (tertiary/aromatic N) is 1. The summed E-state index contributed by atoms with van der Waals surface area (Å²) in [4.78, 5) is 4.46. The number of methoxy groups -OCH3 is 3. The average molecular weight is 423 g/mol. The Morgan fingerprint density at radius 2 is 1.70 bits per heavy atom. The molecule has 0 unspecified atom stereocenters. The summed E-state index contributed by atoms with van der Waals surface area (Å²) in [6.45, 7) is -0.0136. The minimum absolute atomic E-state index is 0.0136. The zero-order valence-electron chi connectivity index (χ0n) is 16.9. The van der Waals surface area contributed by atoms with E-state index >= 15 is 0 Å². The molecule has 2 aromatic heterocycles. The van der Waals surface area contributed by atoms with Gasteiger partial charge in [-0.15, -0.1) is 11.3 Å². The van der Waals surface area contributed by atoms with Crippen LogP contribution in [0.2, 0.25) is 0 Å². The van der Waals surface area contributed by atoms with Gasteiger partial charge in [0.25, 0.3) is 0 Å². The molecule has 0 bridgehead atoms. The summed E-state index contributed by atoms with van der Waals surface area (Å²) >= 11 is 1.60. The lowest BCUT2D eigenvalue weighted by Crippen LogP contribution is -1.97. The molecule has 0 aliphatic heterocycles. The Balaban J connectivity index is 1.94. The zero-order valence-corrected chi connectivity index (χ0v) is 17.7. The van der Waals surface area contributed by atoms with Gasteiger partial charge in [-0.2, -0.15) is 0 Å². The number of anilines is 1. The van der Waals surface area contributed by atoms with Gasteiger partial charge >= 0.3 is 0 Å². The Labute approximate surface area is 178 Å². The smallest absolute Gasteiger partial charge is 0.203 e. The number of aliphatic hydroxyl groups is 1. The molecule has 6 nitrogen and oxygen atoms in total. The van der Waals surface area contributed by atoms with Gasteiger partial charge in [-0.25, -0.2) is 4.98 Å². The summed E-state index contributed by atoms with van der Waals surface area (Å²) in [5, 5.41) is 12.5. The van der Waals surface area contributed by atoms with Gasteiger partial charge < -0.3 is 25.1 Å². The van der Waals surface area contributed by atoms with Gasteiger partial charge in [-0.3, -0.25) is 0 Å². The second kappa shape index (κ2) is 8.22. The van der Waals surface area contributed by atoms with Crippen molar-refractivity contribution in [2.75, 3.05) is 27.1 Å². The summed E-state index contributed by atoms with van der Waals surface area (Å²) in [7, 11) is 4.76. The first-order chi connectivity index (χ1) is 14.6. The highest BCUT2D eigenvalue weighted by atomic mass is 32.1. The summed E-state index contributed by atoms with van der Waals surface area (Å²) in [5.74, 6) is 2.15. The minimum Gasteiger partial charge on any atom is -0.493 e. The molecule has 7 heteroatoms. The fraction of sp³-hybridized carbons (Fsp3) is 0.174. The van der Waals surface area contributed by atoms with Crippen molar-refractivity contribution in [3.8, 4) is 39.5 Å². The molecular formula is C23H22N2O4S. The fourth-order valence-electron chi connectivity index (χ4n) is 3.56. The topological polar surface area (TPSA) is 86.8 Å². The van der Waals surface area contributed by atoms with Gasteiger partial charge in [-0.05, 0) is 40.3 Å². The van der Waals surface area contributed by atoms with Crippen LogP contribution in [0.15, 0.2) is 48.0 Å². The number of pyridine rings is 1. The number of hydrogen-bond acceptors (Lipinski definition) is 7. The first kappa shape index (κ1) is 20.0. The Morgan fingerprint density at radius 1 is 0.967 bits per heavy atom. The molecule has 2 heterocycles. The molecule has 0 aliphatic carbocycles. The predicted octanol–water partition coefficient (Wildman–Crippen LogP) is 4.73. The monoisotopic (exact) mass is 422 g/mol. The van der Waals surface area contributed by atoms with E-state index in [4.69, 9.17) is 19.9 Å². The van der Waals surface area contributed by atoms with Crippen LogP contribution >= 0.6 is 11.3 Å². The van der Waals surface area contributed by atoms with E-state index in [1.165, 1.54) is 0 Å². The van der Waals surface area contributed by atoms with E-state index in [0.29, 0.717) is 23.1 Å². The minimum atomic E-state index is -0.0136. The lowest BCUT2D eigenvalue weighted by molar-refractivity contribution is 0.282. The molecule has 0 spiro atoms. The molecule has 2 aromatic carbocycles. The zero-order chi connectivity index (χ0) is 21.3. The van der Waals surface area contributed by atoms with Crippen molar-refractivity contribution >= 4 is 27.2 Å². The first-order valence-electron chi connectivity index (χ1n) is 9.27. The molecule has 154 valence electrons. The van der Waals surface area contributed by atoms with Crippen LogP contribution < -0.4 is 19.9 Å². The summed E-state index contributed by atoms with van der Waals surface area (Å²) in [6, 6.07) is 11.6. The van der Waals surface area contributed by atoms with E-state index in [2.05, 4.69) is 10.4 Å². The van der Waals surface area contributed by atoms with Crippen LogP contribution in [0.25, 0.3) is 32.3 Å². The molecule has 3 N–H and O–H groups in total. The van der Waals surface area contributed by atoms with E-state index in [9.17, 15) is 5.11 Å². The van der Waals surface area contributed by atoms with Crippen molar-refractivity contribution in [1.29, 1.82) is 0 Å². The Morgan fingerprint density at radius 3 is 2.33 bits per heavy atom. The molecule has 0 aliphatic rings. The maximum atomic E-state index is 9.49. The van der Waals surface area contributed by atoms with Gasteiger partial charge in [0.15, 0.2) is 11.5 Å². The van der Waals surface area contributed by atoms with Crippen LogP contribution in [0.4, 0.5) is 5.82 Å². The maximum absolute atomic E-state index is 9.49. The average Bonchev–Trinajstić information content (AvgIpc) is 3.24. The first-order valence-corrected chi connectivity index (χ1v) is 10.2. The molecule has 4 rings (SSSR count). The molecular weight excluding hydrogens is 400 g/mol. The van der Waals surface area contributed by atoms with Crippen LogP contribution in [0, 0.1) is 0 Å². The van der Waals surface area contributed by atoms with Crippen molar-refractivity contribution in [2.45, 2.75) is 6.61 Å². The van der Waals surface area contributed by atoms with Crippen LogP contribution in [-0.2, 0) is 6.61 Å². The summed E-state index contributed by atoms with van der Waals surface area (Å²) in [6.07, 6.45) is 1.77. The number of thiophene rings is 1. The second-order valence-electron chi connectivity index (χ2n) is 6.68. The van der Waals surface area contributed by atoms with Crippen molar-refractivity contribution < 1.29 is 19.3 Å². The standard InChI is InChI=1S/C23H22N2O4S/c1-27-18-8-15(9-19(28-2)21(18)29-3)16-10-25-23(24)20-17(12-30-22(16)20)14-6-4-5-13(7-14)11-26/h4-10,12,26H,11H2,1-3H3,(H2,24,25). The Kier molecular flexibility index (Phi) is 5.48. The van der Waals surface area contributed by atoms with Gasteiger partial charge in [0.1, 0.15) is 5.82 Å². The molecule has 0 saturated carbocycles. The van der Waals surface area contributed by atoms with Crippen molar-refractivity contribution in [3.63, 3.8) is 0 Å². The van der Waals surface area contributed by atoms with Crippen molar-refractivity contribution in [2.24, 2.45) is 0 Å². The van der Waals surface area contributed by atoms with Gasteiger partial charge in [0.2, 0.25) is 5.75 Å². The van der Waals surface area contributed by atoms with Crippen molar-refractivity contribution in [1.82, 2.24) is 4.98 Å². The third-order valence-corrected chi connectivity index (χ3v) is 6.03. The predicted molar refractivity (Wildman–Crippen MR) is 120 cm³/mol. The lowest BCUT2D eigenvalue weighted by Gasteiger charge is -2.15. The number of benzene rings is 2. The molecule has 0 saturated heterocycles. The molecule has 30 heavy (non-hydrogen) atoms. The molecule has 4 aromatic rings. The van der Waals surface area contributed by atoms with Crippen LogP contribution in [0.5, 0.6) is 17.2 Å². The summed E-state index contributed by atoms with van der Waals surface area (Å²) in [5.41, 5.74) is 10.9. The summed E-state index contributed by atoms with van der Waals surface area (Å²) < 4.78 is 17.5. The molecule has 0 fully saturated rings. The van der Waals surface area contributed by atoms with E-state index in [1.807, 2.05) is 36.4 Å². The molecule has 0 amide bonds. The number of nitrogen functional groups attached to an aromatic ring is 1. The SMILES string of the molecule is COc1cc(-c2cnc(N)c3c(-c4cccc(CO)c4)csc23)cc(OC)c1OC. The number of nitrogens with two attached hydrogens (primary N) is 1. The van der Waals surface area contributed by atoms with E-state index < -0.39 is 0 Å². The quantitative estimate of drug-likeness (QED) is 0.467. The van der Waals surface area contributed by atoms with E-state index in [0.717, 1.165) is 37.9 Å². The third-order valence-electron chi connectivity index (χ3n) is 5.02. The largest absolute Gasteiger partial charge is 0.493 e. The highest BCUT2D eigenvalue weighted by Crippen LogP contribution is 2.46. The van der Waals surface area contributed by atoms with Gasteiger partial charge in [-0.1, -0.05) is 18.2 Å². The van der Waals surface area contributed by atoms with Crippen LogP contribution in [0.3, 0.4) is 0 Å². The maximum Gasteiger partial charge on any atom is 0.203 e. The molecule has 0 atom stereocenters. The normalized spacial score (nSPS) is 10.9. The van der Waals surface area contributed by atoms with E-state index in [1.54, 1.807) is 38.9 Å². The van der Waals surface area contributed by atoms with Gasteiger partial charge in [0.05, 0.1) is 27.9 Å². The number of hydrogen-bond donors (Lipinski definition) is 2. The van der Waals surface area contributed by atoms with E-state index in [-0.39, 0.29) is 6.61 Å². The number of aromatic nitrogens is 1. The number of ether oxygens (including phenoxy) is 3. The highest BCUT2D eigenvalue weighted by Gasteiger charge is 2.19. The third kappa shape index (κ3) is 3.32. The Bertz CT molecular complexity index is 1190. The molecule has 0 radical (unpaired) electrons. The number of aliphatic hydroxyl groups excluding tert-OH is 1. The van der Waals surface area contributed by atoms with Crippen LogP contribution in [0.1, 0.15) is 5.56 Å². The number of fused-ring (bicyclic) bond motifs is 1. The highest BCUT2D eigenvalue weighted by molar-refractivity contribution is 7.18. The van der Waals surface area contributed by atoms with Gasteiger partial charge in [0, 0.05) is 27.4 Å².